The van der Waals surface area contributed by atoms with Crippen LogP contribution in [0.5, 0.6) is 0 Å². The van der Waals surface area contributed by atoms with Gasteiger partial charge in [0, 0.05) is 0 Å². The van der Waals surface area contributed by atoms with Gasteiger partial charge in [0.05, 0.1) is 0 Å². The molecule has 0 spiro atoms. The Kier molecular flexibility index (Phi) is 6.45. The van der Waals surface area contributed by atoms with E-state index in [1.807, 2.05) is 24.3 Å². The number of hydrogen-bond donors (Lipinski definition) is 1. The SMILES string of the molecule is CC(C)(C)[AsH]CCCNC(=O)c1cccc(Br)c1. The predicted molar refractivity (Wildman–Crippen MR) is 82.8 cm³/mol. The van der Waals surface area contributed by atoms with Crippen molar-refractivity contribution in [1.82, 2.24) is 5.32 Å². The first-order valence-electron chi connectivity index (χ1n) is 6.17. The summed E-state index contributed by atoms with van der Waals surface area (Å²) in [7, 11) is 0. The summed E-state index contributed by atoms with van der Waals surface area (Å²) in [6, 6.07) is 7.48. The number of carbonyl (C=O) groups is 1. The molecule has 0 aromatic heterocycles. The van der Waals surface area contributed by atoms with Gasteiger partial charge in [-0.05, 0) is 0 Å². The first-order valence-corrected chi connectivity index (χ1v) is 9.50. The third-order valence-electron chi connectivity index (χ3n) is 2.38. The monoisotopic (exact) mass is 373 g/mol. The van der Waals surface area contributed by atoms with Gasteiger partial charge in [0.1, 0.15) is 0 Å². The van der Waals surface area contributed by atoms with Gasteiger partial charge in [-0.3, -0.25) is 0 Å². The van der Waals surface area contributed by atoms with E-state index >= 15 is 0 Å². The minimum atomic E-state index is 0.0204. The van der Waals surface area contributed by atoms with Crippen molar-refractivity contribution in [2.24, 2.45) is 0 Å². The van der Waals surface area contributed by atoms with Crippen molar-refractivity contribution in [1.29, 1.82) is 0 Å². The number of rotatable bonds is 5. The third-order valence-corrected chi connectivity index (χ3v) is 6.37. The molecule has 2 nitrogen and oxygen atoms in total. The van der Waals surface area contributed by atoms with E-state index in [9.17, 15) is 4.79 Å². The Hall–Kier alpha value is -0.272. The van der Waals surface area contributed by atoms with Gasteiger partial charge in [-0.25, -0.2) is 0 Å². The Bertz CT molecular complexity index is 401. The summed E-state index contributed by atoms with van der Waals surface area (Å²) in [5, 5.41) is 4.25. The van der Waals surface area contributed by atoms with Gasteiger partial charge in [0.25, 0.3) is 0 Å². The summed E-state index contributed by atoms with van der Waals surface area (Å²) in [5.41, 5.74) is 0.719. The molecule has 0 saturated carbocycles. The normalized spacial score (nSPS) is 12.0. The maximum absolute atomic E-state index is 11.8. The first kappa shape index (κ1) is 15.8. The van der Waals surface area contributed by atoms with Crippen LogP contribution in [0.4, 0.5) is 0 Å². The fraction of sp³-hybridized carbons (Fsp3) is 0.500. The summed E-state index contributed by atoms with van der Waals surface area (Å²) in [6.07, 6.45) is 1.09. The van der Waals surface area contributed by atoms with Crippen LogP contribution < -0.4 is 5.32 Å². The van der Waals surface area contributed by atoms with Crippen LogP contribution in [0.15, 0.2) is 28.7 Å². The molecule has 1 atom stereocenters. The van der Waals surface area contributed by atoms with Gasteiger partial charge in [0.2, 0.25) is 0 Å². The molecule has 1 amide bonds. The van der Waals surface area contributed by atoms with Crippen molar-refractivity contribution in [3.8, 4) is 0 Å². The molecule has 4 heteroatoms. The molecule has 0 radical (unpaired) electrons. The topological polar surface area (TPSA) is 29.1 Å². The first-order chi connectivity index (χ1) is 8.38. The van der Waals surface area contributed by atoms with E-state index < -0.39 is 0 Å². The quantitative estimate of drug-likeness (QED) is 0.619. The maximum atomic E-state index is 11.8. The molecule has 1 unspecified atom stereocenters. The van der Waals surface area contributed by atoms with Crippen LogP contribution in [0.1, 0.15) is 37.6 Å². The molecule has 1 aromatic carbocycles. The molecule has 1 rings (SSSR count). The minimum absolute atomic E-state index is 0.0204. The van der Waals surface area contributed by atoms with Gasteiger partial charge in [-0.1, -0.05) is 0 Å². The summed E-state index contributed by atoms with van der Waals surface area (Å²) >= 11 is 3.47. The fourth-order valence-electron chi connectivity index (χ4n) is 1.49. The van der Waals surface area contributed by atoms with E-state index in [2.05, 4.69) is 42.0 Å². The third kappa shape index (κ3) is 6.60. The number of carbonyl (C=O) groups excluding carboxylic acids is 1. The molecule has 100 valence electrons. The molecular weight excluding hydrogens is 353 g/mol. The van der Waals surface area contributed by atoms with Crippen molar-refractivity contribution in [2.45, 2.75) is 36.6 Å². The van der Waals surface area contributed by atoms with Crippen LogP contribution in [0.3, 0.4) is 0 Å². The number of nitrogens with one attached hydrogen (secondary N) is 1. The molecule has 0 saturated heterocycles. The molecular formula is C14H21AsBrNO. The van der Waals surface area contributed by atoms with Crippen LogP contribution in [-0.4, -0.2) is 28.2 Å². The van der Waals surface area contributed by atoms with Gasteiger partial charge >= 0.3 is 125 Å². The second-order valence-electron chi connectivity index (χ2n) is 5.30. The molecule has 18 heavy (non-hydrogen) atoms. The van der Waals surface area contributed by atoms with E-state index in [1.54, 1.807) is 0 Å². The summed E-state index contributed by atoms with van der Waals surface area (Å²) in [6.45, 7) is 7.68. The zero-order chi connectivity index (χ0) is 13.6. The second kappa shape index (κ2) is 7.35. The number of halogens is 1. The van der Waals surface area contributed by atoms with E-state index in [0.717, 1.165) is 23.0 Å². The van der Waals surface area contributed by atoms with Crippen LogP contribution in [0, 0.1) is 0 Å². The van der Waals surface area contributed by atoms with Crippen molar-refractivity contribution < 1.29 is 4.79 Å². The average molecular weight is 374 g/mol. The molecule has 0 aliphatic heterocycles. The molecule has 1 aromatic rings. The van der Waals surface area contributed by atoms with Crippen LogP contribution in [0.2, 0.25) is 9.41 Å². The Morgan fingerprint density at radius 1 is 1.39 bits per heavy atom. The van der Waals surface area contributed by atoms with E-state index in [1.165, 1.54) is 5.21 Å². The number of amides is 1. The van der Waals surface area contributed by atoms with Gasteiger partial charge in [0.15, 0.2) is 0 Å². The number of benzene rings is 1. The molecule has 0 fully saturated rings. The molecule has 0 aliphatic carbocycles. The average Bonchev–Trinajstić information content (AvgIpc) is 2.26. The van der Waals surface area contributed by atoms with E-state index in [4.69, 9.17) is 0 Å². The summed E-state index contributed by atoms with van der Waals surface area (Å²) in [5.74, 6) is 0.0204. The Morgan fingerprint density at radius 3 is 2.72 bits per heavy atom. The Morgan fingerprint density at radius 2 is 2.11 bits per heavy atom. The molecule has 1 N–H and O–H groups in total. The van der Waals surface area contributed by atoms with E-state index in [0.29, 0.717) is 4.20 Å². The van der Waals surface area contributed by atoms with Gasteiger partial charge < -0.3 is 0 Å². The Balaban J connectivity index is 2.26. The Labute approximate surface area is 125 Å². The summed E-state index contributed by atoms with van der Waals surface area (Å²) < 4.78 is 1.45. The van der Waals surface area contributed by atoms with Crippen LogP contribution in [0.25, 0.3) is 0 Å². The zero-order valence-electron chi connectivity index (χ0n) is 11.2. The summed E-state index contributed by atoms with van der Waals surface area (Å²) in [4.78, 5) is 11.8. The molecule has 0 bridgehead atoms. The standard InChI is InChI=1S/C14H21AsBrNO/c1-14(2,3)15-8-5-9-17-13(18)11-6-4-7-12(16)10-11/h4,6-7,10,15H,5,8-9H2,1-3H3,(H,17,18). The zero-order valence-corrected chi connectivity index (χ0v) is 14.9. The number of hydrogen-bond acceptors (Lipinski definition) is 1. The molecule has 0 aliphatic rings. The van der Waals surface area contributed by atoms with Crippen molar-refractivity contribution >= 4 is 37.6 Å². The van der Waals surface area contributed by atoms with Crippen molar-refractivity contribution in [3.05, 3.63) is 34.3 Å². The van der Waals surface area contributed by atoms with Crippen LogP contribution >= 0.6 is 15.9 Å². The van der Waals surface area contributed by atoms with Crippen molar-refractivity contribution in [2.75, 3.05) is 6.54 Å². The fourth-order valence-corrected chi connectivity index (χ4v) is 4.20. The van der Waals surface area contributed by atoms with Gasteiger partial charge in [-0.2, -0.15) is 0 Å². The molecule has 0 heterocycles. The van der Waals surface area contributed by atoms with Crippen molar-refractivity contribution in [3.63, 3.8) is 0 Å². The van der Waals surface area contributed by atoms with E-state index in [-0.39, 0.29) is 21.7 Å². The second-order valence-corrected chi connectivity index (χ2v) is 11.2. The van der Waals surface area contributed by atoms with Gasteiger partial charge in [-0.15, -0.1) is 0 Å². The van der Waals surface area contributed by atoms with Crippen LogP contribution in [-0.2, 0) is 0 Å². The predicted octanol–water partition coefficient (Wildman–Crippen LogP) is 3.64.